The molecule has 0 amide bonds. The highest BCUT2D eigenvalue weighted by Crippen LogP contribution is 2.27. The minimum atomic E-state index is -0.566. The molecule has 1 nitrogen and oxygen atoms in total. The van der Waals surface area contributed by atoms with Gasteiger partial charge in [-0.15, -0.1) is 0 Å². The molecule has 2 N–H and O–H groups in total. The number of hydrogen-bond acceptors (Lipinski definition) is 1. The van der Waals surface area contributed by atoms with Crippen LogP contribution in [0, 0.1) is 25.5 Å². The second kappa shape index (κ2) is 4.86. The number of aryl methyl sites for hydroxylation is 2. The quantitative estimate of drug-likeness (QED) is 0.860. The lowest BCUT2D eigenvalue weighted by molar-refractivity contribution is 0.585. The summed E-state index contributed by atoms with van der Waals surface area (Å²) >= 11 is 0. The van der Waals surface area contributed by atoms with Crippen LogP contribution >= 0.6 is 0 Å². The van der Waals surface area contributed by atoms with E-state index in [4.69, 9.17) is 5.73 Å². The summed E-state index contributed by atoms with van der Waals surface area (Å²) in [6.45, 7) is 4.35. The van der Waals surface area contributed by atoms with Gasteiger partial charge >= 0.3 is 0 Å². The molecule has 0 aliphatic rings. The van der Waals surface area contributed by atoms with Gasteiger partial charge in [-0.3, -0.25) is 0 Å². The van der Waals surface area contributed by atoms with Gasteiger partial charge in [-0.1, -0.05) is 12.1 Å². The number of halogens is 2. The largest absolute Gasteiger partial charge is 0.326 e. The fourth-order valence-electron chi connectivity index (χ4n) is 2.19. The molecular formula is C15H15F2N. The van der Waals surface area contributed by atoms with Crippen LogP contribution in [0.4, 0.5) is 8.78 Å². The Balaban J connectivity index is 2.58. The molecule has 0 heterocycles. The van der Waals surface area contributed by atoms with Crippen molar-refractivity contribution in [3.8, 4) is 11.1 Å². The lowest BCUT2D eigenvalue weighted by Gasteiger charge is -2.11. The average Bonchev–Trinajstić information content (AvgIpc) is 2.28. The van der Waals surface area contributed by atoms with Gasteiger partial charge in [0.05, 0.1) is 0 Å². The lowest BCUT2D eigenvalue weighted by atomic mass is 9.95. The van der Waals surface area contributed by atoms with E-state index in [9.17, 15) is 8.78 Å². The molecule has 3 heteroatoms. The van der Waals surface area contributed by atoms with Gasteiger partial charge < -0.3 is 5.73 Å². The Kier molecular flexibility index (Phi) is 3.43. The minimum absolute atomic E-state index is 0.408. The average molecular weight is 247 g/mol. The number of nitrogens with two attached hydrogens (primary N) is 1. The zero-order valence-electron chi connectivity index (χ0n) is 10.4. The molecular weight excluding hydrogens is 232 g/mol. The number of benzene rings is 2. The predicted molar refractivity (Wildman–Crippen MR) is 69.2 cm³/mol. The molecule has 2 rings (SSSR count). The van der Waals surface area contributed by atoms with Crippen LogP contribution in [0.2, 0.25) is 0 Å². The van der Waals surface area contributed by atoms with E-state index in [0.29, 0.717) is 12.1 Å². The minimum Gasteiger partial charge on any atom is -0.326 e. The molecule has 0 unspecified atom stereocenters. The Morgan fingerprint density at radius 3 is 2.11 bits per heavy atom. The third kappa shape index (κ3) is 2.27. The molecule has 0 radical (unpaired) electrons. The zero-order chi connectivity index (χ0) is 13.3. The Hall–Kier alpha value is -1.74. The number of rotatable bonds is 2. The van der Waals surface area contributed by atoms with Gasteiger partial charge in [0, 0.05) is 18.2 Å². The Bertz CT molecular complexity index is 568. The van der Waals surface area contributed by atoms with Crippen LogP contribution < -0.4 is 5.73 Å². The van der Waals surface area contributed by atoms with E-state index < -0.39 is 11.6 Å². The van der Waals surface area contributed by atoms with Gasteiger partial charge in [0.15, 0.2) is 0 Å². The fraction of sp³-hybridized carbons (Fsp3) is 0.200. The maximum atomic E-state index is 13.7. The first-order valence-corrected chi connectivity index (χ1v) is 5.78. The topological polar surface area (TPSA) is 26.0 Å². The molecule has 0 aliphatic heterocycles. The van der Waals surface area contributed by atoms with E-state index >= 15 is 0 Å². The highest BCUT2D eigenvalue weighted by molar-refractivity contribution is 5.66. The van der Waals surface area contributed by atoms with Gasteiger partial charge in [0.2, 0.25) is 0 Å². The van der Waals surface area contributed by atoms with Crippen molar-refractivity contribution >= 4 is 0 Å². The molecule has 0 aliphatic carbocycles. The lowest BCUT2D eigenvalue weighted by Crippen LogP contribution is -2.02. The molecule has 0 saturated carbocycles. The summed E-state index contributed by atoms with van der Waals surface area (Å²) in [4.78, 5) is 0. The van der Waals surface area contributed by atoms with Crippen molar-refractivity contribution in [2.75, 3.05) is 0 Å². The Morgan fingerprint density at radius 2 is 1.61 bits per heavy atom. The summed E-state index contributed by atoms with van der Waals surface area (Å²) < 4.78 is 26.6. The van der Waals surface area contributed by atoms with Crippen molar-refractivity contribution in [2.45, 2.75) is 20.4 Å². The molecule has 0 atom stereocenters. The third-order valence-corrected chi connectivity index (χ3v) is 3.14. The first-order chi connectivity index (χ1) is 8.52. The molecule has 0 aromatic heterocycles. The first kappa shape index (κ1) is 12.7. The normalized spacial score (nSPS) is 10.7. The van der Waals surface area contributed by atoms with Crippen LogP contribution in [0.3, 0.4) is 0 Å². The van der Waals surface area contributed by atoms with E-state index in [1.165, 1.54) is 12.1 Å². The van der Waals surface area contributed by atoms with Crippen molar-refractivity contribution in [1.29, 1.82) is 0 Å². The molecule has 2 aromatic rings. The standard InChI is InChI=1S/C15H15F2N/c1-9-5-11(6-10(2)14(9)8-18)13-4-3-12(16)7-15(13)17/h3-7H,8,18H2,1-2H3. The molecule has 94 valence electrons. The van der Waals surface area contributed by atoms with E-state index in [-0.39, 0.29) is 0 Å². The maximum Gasteiger partial charge on any atom is 0.133 e. The molecule has 18 heavy (non-hydrogen) atoms. The predicted octanol–water partition coefficient (Wildman–Crippen LogP) is 3.71. The van der Waals surface area contributed by atoms with Crippen molar-refractivity contribution in [2.24, 2.45) is 5.73 Å². The fourth-order valence-corrected chi connectivity index (χ4v) is 2.19. The van der Waals surface area contributed by atoms with Crippen LogP contribution in [0.15, 0.2) is 30.3 Å². The maximum absolute atomic E-state index is 13.7. The third-order valence-electron chi connectivity index (χ3n) is 3.14. The molecule has 0 fully saturated rings. The van der Waals surface area contributed by atoms with Gasteiger partial charge in [0.25, 0.3) is 0 Å². The first-order valence-electron chi connectivity index (χ1n) is 5.78. The molecule has 0 saturated heterocycles. The highest BCUT2D eigenvalue weighted by Gasteiger charge is 2.09. The van der Waals surface area contributed by atoms with Gasteiger partial charge in [-0.2, -0.15) is 0 Å². The summed E-state index contributed by atoms with van der Waals surface area (Å²) in [5.41, 5.74) is 9.94. The summed E-state index contributed by atoms with van der Waals surface area (Å²) in [5, 5.41) is 0. The van der Waals surface area contributed by atoms with Crippen molar-refractivity contribution in [1.82, 2.24) is 0 Å². The monoisotopic (exact) mass is 247 g/mol. The summed E-state index contributed by atoms with van der Waals surface area (Å²) in [7, 11) is 0. The van der Waals surface area contributed by atoms with Gasteiger partial charge in [-0.05, 0) is 48.2 Å². The molecule has 2 aromatic carbocycles. The van der Waals surface area contributed by atoms with E-state index in [0.717, 1.165) is 28.3 Å². The Morgan fingerprint density at radius 1 is 1.00 bits per heavy atom. The number of hydrogen-bond donors (Lipinski definition) is 1. The van der Waals surface area contributed by atoms with Gasteiger partial charge in [0.1, 0.15) is 11.6 Å². The molecule has 0 bridgehead atoms. The summed E-state index contributed by atoms with van der Waals surface area (Å²) in [5.74, 6) is -1.11. The van der Waals surface area contributed by atoms with Crippen LogP contribution in [0.5, 0.6) is 0 Å². The van der Waals surface area contributed by atoms with Crippen molar-refractivity contribution in [3.05, 3.63) is 58.7 Å². The molecule has 0 spiro atoms. The van der Waals surface area contributed by atoms with Crippen molar-refractivity contribution in [3.63, 3.8) is 0 Å². The van der Waals surface area contributed by atoms with Crippen molar-refractivity contribution < 1.29 is 8.78 Å². The van der Waals surface area contributed by atoms with Crippen LogP contribution in [-0.2, 0) is 6.54 Å². The van der Waals surface area contributed by atoms with E-state index in [2.05, 4.69) is 0 Å². The van der Waals surface area contributed by atoms with Gasteiger partial charge in [-0.25, -0.2) is 8.78 Å². The van der Waals surface area contributed by atoms with E-state index in [1.54, 1.807) is 0 Å². The SMILES string of the molecule is Cc1cc(-c2ccc(F)cc2F)cc(C)c1CN. The Labute approximate surface area is 105 Å². The van der Waals surface area contributed by atoms with E-state index in [1.807, 2.05) is 26.0 Å². The van der Waals surface area contributed by atoms with Crippen LogP contribution in [-0.4, -0.2) is 0 Å². The second-order valence-corrected chi connectivity index (χ2v) is 4.42. The highest BCUT2D eigenvalue weighted by atomic mass is 19.1. The van der Waals surface area contributed by atoms with Crippen LogP contribution in [0.25, 0.3) is 11.1 Å². The summed E-state index contributed by atoms with van der Waals surface area (Å²) in [6, 6.07) is 7.38. The van der Waals surface area contributed by atoms with Crippen LogP contribution in [0.1, 0.15) is 16.7 Å². The summed E-state index contributed by atoms with van der Waals surface area (Å²) in [6.07, 6.45) is 0. The zero-order valence-corrected chi connectivity index (χ0v) is 10.4. The smallest absolute Gasteiger partial charge is 0.133 e. The second-order valence-electron chi connectivity index (χ2n) is 4.42.